The maximum absolute atomic E-state index is 13.1. The van der Waals surface area contributed by atoms with E-state index in [2.05, 4.69) is 20.6 Å². The van der Waals surface area contributed by atoms with Gasteiger partial charge in [0.15, 0.2) is 0 Å². The van der Waals surface area contributed by atoms with E-state index in [1.807, 2.05) is 63.2 Å². The van der Waals surface area contributed by atoms with Gasteiger partial charge in [0, 0.05) is 52.9 Å². The summed E-state index contributed by atoms with van der Waals surface area (Å²) in [5, 5.41) is 6.91. The van der Waals surface area contributed by atoms with Crippen LogP contribution in [0.3, 0.4) is 0 Å². The molecule has 0 bridgehead atoms. The van der Waals surface area contributed by atoms with E-state index in [9.17, 15) is 9.59 Å². The van der Waals surface area contributed by atoms with Crippen LogP contribution in [0.25, 0.3) is 22.2 Å². The third kappa shape index (κ3) is 5.18. The number of rotatable bonds is 5. The number of hydrogen-bond acceptors (Lipinski definition) is 6. The first-order valence-corrected chi connectivity index (χ1v) is 11.8. The van der Waals surface area contributed by atoms with Crippen molar-refractivity contribution in [2.75, 3.05) is 12.4 Å². The largest absolute Gasteiger partial charge is 0.441 e. The Hall–Kier alpha value is -3.91. The molecule has 0 saturated carbocycles. The first-order chi connectivity index (χ1) is 17.1. The van der Waals surface area contributed by atoms with E-state index in [4.69, 9.17) is 16.3 Å². The molecule has 0 aliphatic rings. The number of amides is 1. The van der Waals surface area contributed by atoms with Crippen LogP contribution in [0.15, 0.2) is 65.6 Å². The first-order valence-electron chi connectivity index (χ1n) is 11.5. The van der Waals surface area contributed by atoms with Crippen molar-refractivity contribution in [3.05, 3.63) is 81.7 Å². The summed E-state index contributed by atoms with van der Waals surface area (Å²) in [7, 11) is 3.20. The Kier molecular flexibility index (Phi) is 6.99. The second kappa shape index (κ2) is 9.99. The molecule has 0 radical (unpaired) electrons. The van der Waals surface area contributed by atoms with Crippen LogP contribution in [-0.2, 0) is 11.8 Å². The number of carbonyl (C=O) groups excluding carboxylic acids is 1. The Morgan fingerprint density at radius 2 is 1.83 bits per heavy atom. The minimum Gasteiger partial charge on any atom is -0.441 e. The molecule has 1 unspecified atom stereocenters. The summed E-state index contributed by atoms with van der Waals surface area (Å²) in [5.74, 6) is 0.333. The summed E-state index contributed by atoms with van der Waals surface area (Å²) in [6.07, 6.45) is 0.699. The minimum atomic E-state index is -0.497. The second-order valence-electron chi connectivity index (χ2n) is 9.53. The predicted octanol–water partition coefficient (Wildman–Crippen LogP) is 5.84. The van der Waals surface area contributed by atoms with Crippen LogP contribution < -0.4 is 16.2 Å². The van der Waals surface area contributed by atoms with Crippen molar-refractivity contribution in [1.82, 2.24) is 19.9 Å². The molecule has 1 amide bonds. The third-order valence-corrected chi connectivity index (χ3v) is 6.10. The molecular weight excluding hydrogens is 478 g/mol. The van der Waals surface area contributed by atoms with E-state index >= 15 is 0 Å². The Bertz CT molecular complexity index is 1490. The Labute approximate surface area is 214 Å². The molecule has 2 N–H and O–H groups in total. The van der Waals surface area contributed by atoms with Crippen molar-refractivity contribution in [2.24, 2.45) is 12.5 Å². The van der Waals surface area contributed by atoms with E-state index in [-0.39, 0.29) is 11.0 Å². The fourth-order valence-corrected chi connectivity index (χ4v) is 4.24. The van der Waals surface area contributed by atoms with E-state index < -0.39 is 12.2 Å². The van der Waals surface area contributed by atoms with Crippen LogP contribution in [0.2, 0.25) is 5.02 Å². The van der Waals surface area contributed by atoms with Crippen LogP contribution >= 0.6 is 11.6 Å². The molecule has 0 spiro atoms. The van der Waals surface area contributed by atoms with Crippen LogP contribution in [0.4, 0.5) is 16.4 Å². The van der Waals surface area contributed by atoms with Gasteiger partial charge in [-0.15, -0.1) is 0 Å². The number of fused-ring (bicyclic) bond motifs is 1. The normalized spacial score (nSPS) is 12.3. The molecule has 0 saturated heterocycles. The molecule has 0 fully saturated rings. The topological polar surface area (TPSA) is 98.1 Å². The van der Waals surface area contributed by atoms with Crippen LogP contribution in [0.1, 0.15) is 32.4 Å². The molecule has 4 rings (SSSR count). The summed E-state index contributed by atoms with van der Waals surface area (Å²) in [6.45, 7) is 6.01. The predicted molar refractivity (Wildman–Crippen MR) is 143 cm³/mol. The van der Waals surface area contributed by atoms with E-state index in [0.29, 0.717) is 33.1 Å². The van der Waals surface area contributed by atoms with E-state index in [1.165, 1.54) is 11.6 Å². The van der Waals surface area contributed by atoms with E-state index in [0.717, 1.165) is 11.3 Å². The van der Waals surface area contributed by atoms with Crippen LogP contribution in [0, 0.1) is 5.41 Å². The summed E-state index contributed by atoms with van der Waals surface area (Å²) in [5.41, 5.74) is 2.64. The van der Waals surface area contributed by atoms with Gasteiger partial charge in [0.1, 0.15) is 11.8 Å². The number of aromatic nitrogens is 3. The van der Waals surface area contributed by atoms with Gasteiger partial charge in [-0.1, -0.05) is 62.7 Å². The highest BCUT2D eigenvalue weighted by Gasteiger charge is 2.30. The Morgan fingerprint density at radius 3 is 2.53 bits per heavy atom. The van der Waals surface area contributed by atoms with Gasteiger partial charge >= 0.3 is 6.09 Å². The van der Waals surface area contributed by atoms with Gasteiger partial charge in [-0.25, -0.2) is 9.78 Å². The molecular formula is C27H28ClN5O3. The fourth-order valence-electron chi connectivity index (χ4n) is 4.00. The summed E-state index contributed by atoms with van der Waals surface area (Å²) in [4.78, 5) is 34.1. The molecule has 4 aromatic rings. The van der Waals surface area contributed by atoms with Crippen molar-refractivity contribution in [1.29, 1.82) is 0 Å². The number of hydrogen-bond donors (Lipinski definition) is 2. The number of carbonyl (C=O) groups is 1. The second-order valence-corrected chi connectivity index (χ2v) is 9.93. The highest BCUT2D eigenvalue weighted by Crippen LogP contribution is 2.37. The van der Waals surface area contributed by atoms with Gasteiger partial charge in [0.05, 0.1) is 0 Å². The summed E-state index contributed by atoms with van der Waals surface area (Å²) in [6, 6.07) is 16.5. The maximum atomic E-state index is 13.1. The van der Waals surface area contributed by atoms with Gasteiger partial charge in [-0.3, -0.25) is 9.36 Å². The average molecular weight is 506 g/mol. The zero-order valence-electron chi connectivity index (χ0n) is 20.8. The van der Waals surface area contributed by atoms with Crippen molar-refractivity contribution in [3.8, 4) is 11.1 Å². The molecule has 0 aliphatic carbocycles. The van der Waals surface area contributed by atoms with Gasteiger partial charge < -0.3 is 15.4 Å². The lowest BCUT2D eigenvalue weighted by molar-refractivity contribution is 0.0315. The number of nitrogens with one attached hydrogen (secondary N) is 2. The number of aryl methyl sites for hydroxylation is 1. The summed E-state index contributed by atoms with van der Waals surface area (Å²) >= 11 is 6.33. The zero-order chi connectivity index (χ0) is 26.0. The molecule has 1 atom stereocenters. The van der Waals surface area contributed by atoms with Gasteiger partial charge in [-0.2, -0.15) is 4.98 Å². The fraction of sp³-hybridized carbons (Fsp3) is 0.259. The Balaban J connectivity index is 1.68. The van der Waals surface area contributed by atoms with Gasteiger partial charge in [0.2, 0.25) is 5.95 Å². The standard InChI is InChI=1S/C27H28ClN5O3/c1-27(2,3)22(36-26(35)29-4)16-9-8-10-18(13-16)31-25-30-15-17-14-20(19-11-6-7-12-21(19)28)24(34)33(5)23(17)32-25/h6-15,22H,1-5H3,(H,29,35)(H,30,31,32). The molecule has 36 heavy (non-hydrogen) atoms. The lowest BCUT2D eigenvalue weighted by Gasteiger charge is -2.30. The van der Waals surface area contributed by atoms with Gasteiger partial charge in [-0.05, 0) is 29.8 Å². The zero-order valence-corrected chi connectivity index (χ0v) is 21.6. The van der Waals surface area contributed by atoms with Crippen molar-refractivity contribution >= 4 is 40.4 Å². The molecule has 2 heterocycles. The maximum Gasteiger partial charge on any atom is 0.407 e. The molecule has 2 aromatic heterocycles. The number of nitrogens with zero attached hydrogens (tertiary/aromatic N) is 3. The highest BCUT2D eigenvalue weighted by atomic mass is 35.5. The SMILES string of the molecule is CNC(=O)OC(c1cccc(Nc2ncc3cc(-c4ccccc4Cl)c(=O)n(C)c3n2)c1)C(C)(C)C. The smallest absolute Gasteiger partial charge is 0.407 e. The third-order valence-electron chi connectivity index (χ3n) is 5.77. The molecule has 2 aromatic carbocycles. The number of anilines is 2. The van der Waals surface area contributed by atoms with E-state index in [1.54, 1.807) is 25.4 Å². The average Bonchev–Trinajstić information content (AvgIpc) is 2.85. The first kappa shape index (κ1) is 25.2. The van der Waals surface area contributed by atoms with Crippen molar-refractivity contribution in [2.45, 2.75) is 26.9 Å². The van der Waals surface area contributed by atoms with Crippen LogP contribution in [-0.4, -0.2) is 27.7 Å². The minimum absolute atomic E-state index is 0.207. The number of ether oxygens (including phenoxy) is 1. The van der Waals surface area contributed by atoms with Crippen molar-refractivity contribution in [3.63, 3.8) is 0 Å². The Morgan fingerprint density at radius 1 is 1.08 bits per heavy atom. The monoisotopic (exact) mass is 505 g/mol. The summed E-state index contributed by atoms with van der Waals surface area (Å²) < 4.78 is 7.13. The molecule has 186 valence electrons. The highest BCUT2D eigenvalue weighted by molar-refractivity contribution is 6.33. The number of benzene rings is 2. The lowest BCUT2D eigenvalue weighted by atomic mass is 9.84. The quantitative estimate of drug-likeness (QED) is 0.354. The molecule has 8 nitrogen and oxygen atoms in total. The molecule has 0 aliphatic heterocycles. The molecule has 9 heteroatoms. The number of halogens is 1. The lowest BCUT2D eigenvalue weighted by Crippen LogP contribution is -2.29. The van der Waals surface area contributed by atoms with Crippen LogP contribution in [0.5, 0.6) is 0 Å². The van der Waals surface area contributed by atoms with Crippen molar-refractivity contribution < 1.29 is 9.53 Å². The van der Waals surface area contributed by atoms with Gasteiger partial charge in [0.25, 0.3) is 5.56 Å². The number of alkyl carbamates (subject to hydrolysis) is 1. The number of pyridine rings is 1.